The first-order valence-corrected chi connectivity index (χ1v) is 13.0. The fourth-order valence-corrected chi connectivity index (χ4v) is 5.40. The van der Waals surface area contributed by atoms with E-state index in [0.717, 1.165) is 84.0 Å². The van der Waals surface area contributed by atoms with Crippen molar-refractivity contribution in [3.8, 4) is 0 Å². The minimum atomic E-state index is -0.116. The van der Waals surface area contributed by atoms with Gasteiger partial charge in [0.25, 0.3) is 5.91 Å². The molecule has 1 aromatic carbocycles. The average molecular weight is 496 g/mol. The molecular formula is C29H33N7O. The Bertz CT molecular complexity index is 1370. The van der Waals surface area contributed by atoms with Crippen molar-refractivity contribution < 1.29 is 4.79 Å². The number of fused-ring (bicyclic) bond motifs is 2. The number of allylic oxidation sites excluding steroid dienone is 1. The molecule has 37 heavy (non-hydrogen) atoms. The van der Waals surface area contributed by atoms with Gasteiger partial charge < -0.3 is 20.4 Å². The molecule has 1 fully saturated rings. The minimum absolute atomic E-state index is 0.00371. The third-order valence-electron chi connectivity index (χ3n) is 7.71. The number of nitrogens with one attached hydrogen (secondary N) is 2. The fourth-order valence-electron chi connectivity index (χ4n) is 5.40. The summed E-state index contributed by atoms with van der Waals surface area (Å²) in [5.41, 5.74) is 6.94. The summed E-state index contributed by atoms with van der Waals surface area (Å²) in [6.07, 6.45) is 7.82. The van der Waals surface area contributed by atoms with Crippen LogP contribution in [0.5, 0.6) is 0 Å². The van der Waals surface area contributed by atoms with Crippen molar-refractivity contribution in [3.63, 3.8) is 0 Å². The largest absolute Gasteiger partial charge is 0.354 e. The molecule has 0 atom stereocenters. The van der Waals surface area contributed by atoms with Gasteiger partial charge in [-0.25, -0.2) is 15.0 Å². The van der Waals surface area contributed by atoms with Crippen LogP contribution >= 0.6 is 0 Å². The molecule has 0 bridgehead atoms. The molecule has 2 aromatic heterocycles. The van der Waals surface area contributed by atoms with Gasteiger partial charge in [0.15, 0.2) is 0 Å². The number of amides is 1. The maximum absolute atomic E-state index is 12.4. The van der Waals surface area contributed by atoms with Crippen molar-refractivity contribution in [2.24, 2.45) is 0 Å². The second kappa shape index (κ2) is 9.27. The van der Waals surface area contributed by atoms with Crippen LogP contribution in [0.1, 0.15) is 53.0 Å². The highest BCUT2D eigenvalue weighted by Crippen LogP contribution is 2.36. The van der Waals surface area contributed by atoms with Gasteiger partial charge >= 0.3 is 0 Å². The number of rotatable bonds is 4. The van der Waals surface area contributed by atoms with Gasteiger partial charge in [0.2, 0.25) is 5.95 Å². The second-order valence-electron chi connectivity index (χ2n) is 10.9. The van der Waals surface area contributed by atoms with Gasteiger partial charge in [-0.05, 0) is 60.9 Å². The molecular weight excluding hydrogens is 462 g/mol. The van der Waals surface area contributed by atoms with Crippen LogP contribution < -0.4 is 15.5 Å². The molecule has 3 aliphatic rings. The smallest absolute Gasteiger partial charge is 0.251 e. The third kappa shape index (κ3) is 4.57. The number of likely N-dealkylation sites (N-methyl/N-ethyl adjacent to an activating group) is 1. The lowest BCUT2D eigenvalue weighted by atomic mass is 9.77. The minimum Gasteiger partial charge on any atom is -0.354 e. The van der Waals surface area contributed by atoms with E-state index in [1.54, 1.807) is 0 Å². The van der Waals surface area contributed by atoms with Gasteiger partial charge in [0.05, 0.1) is 17.6 Å². The number of aromatic nitrogens is 3. The third-order valence-corrected chi connectivity index (χ3v) is 7.71. The Morgan fingerprint density at radius 3 is 2.62 bits per heavy atom. The highest BCUT2D eigenvalue weighted by atomic mass is 16.1. The molecule has 190 valence electrons. The lowest BCUT2D eigenvalue weighted by Gasteiger charge is -2.33. The monoisotopic (exact) mass is 495 g/mol. The summed E-state index contributed by atoms with van der Waals surface area (Å²) >= 11 is 0. The number of piperazine rings is 1. The number of pyridine rings is 1. The molecule has 3 aromatic rings. The molecule has 0 radical (unpaired) electrons. The molecule has 1 aliphatic carbocycles. The molecule has 6 rings (SSSR count). The summed E-state index contributed by atoms with van der Waals surface area (Å²) in [7, 11) is 2.16. The molecule has 1 saturated heterocycles. The van der Waals surface area contributed by atoms with E-state index in [1.165, 1.54) is 0 Å². The summed E-state index contributed by atoms with van der Waals surface area (Å²) in [4.78, 5) is 31.2. The van der Waals surface area contributed by atoms with E-state index >= 15 is 0 Å². The molecule has 2 N–H and O–H groups in total. The molecule has 2 aliphatic heterocycles. The quantitative estimate of drug-likeness (QED) is 0.570. The number of aryl methyl sites for hydroxylation is 1. The predicted octanol–water partition coefficient (Wildman–Crippen LogP) is 3.77. The van der Waals surface area contributed by atoms with E-state index < -0.39 is 0 Å². The molecule has 0 saturated carbocycles. The van der Waals surface area contributed by atoms with Crippen molar-refractivity contribution in [2.75, 3.05) is 50.0 Å². The van der Waals surface area contributed by atoms with Crippen LogP contribution in [0.2, 0.25) is 0 Å². The highest BCUT2D eigenvalue weighted by Gasteiger charge is 2.32. The maximum Gasteiger partial charge on any atom is 0.251 e. The van der Waals surface area contributed by atoms with Crippen molar-refractivity contribution in [1.82, 2.24) is 25.2 Å². The van der Waals surface area contributed by atoms with E-state index in [1.807, 2.05) is 30.6 Å². The number of nitrogens with zero attached hydrogens (tertiary/aromatic N) is 5. The van der Waals surface area contributed by atoms with Crippen LogP contribution in [-0.4, -0.2) is 65.5 Å². The van der Waals surface area contributed by atoms with E-state index in [9.17, 15) is 4.79 Å². The maximum atomic E-state index is 12.4. The zero-order valence-electron chi connectivity index (χ0n) is 21.7. The normalized spacial score (nSPS) is 18.9. The zero-order valence-corrected chi connectivity index (χ0v) is 21.7. The SMILES string of the molecule is CN1CCN(c2ccc(Nc3ncc4c(n3)CCC=C4c3ccc4c(c3)C(C)(C)CNC4=O)cn2)CC1. The van der Waals surface area contributed by atoms with Crippen LogP contribution in [0.15, 0.2) is 48.8 Å². The number of benzene rings is 1. The molecule has 4 heterocycles. The summed E-state index contributed by atoms with van der Waals surface area (Å²) in [6.45, 7) is 9.09. The molecule has 0 unspecified atom stereocenters. The van der Waals surface area contributed by atoms with Crippen molar-refractivity contribution in [2.45, 2.75) is 32.1 Å². The van der Waals surface area contributed by atoms with Crippen LogP contribution in [0, 0.1) is 0 Å². The summed E-state index contributed by atoms with van der Waals surface area (Å²) < 4.78 is 0. The Labute approximate surface area is 217 Å². The Hall–Kier alpha value is -3.78. The van der Waals surface area contributed by atoms with E-state index in [-0.39, 0.29) is 11.3 Å². The molecule has 0 spiro atoms. The Morgan fingerprint density at radius 1 is 1.00 bits per heavy atom. The lowest BCUT2D eigenvalue weighted by Crippen LogP contribution is -2.44. The van der Waals surface area contributed by atoms with E-state index in [4.69, 9.17) is 4.98 Å². The van der Waals surface area contributed by atoms with Gasteiger partial charge in [-0.2, -0.15) is 0 Å². The van der Waals surface area contributed by atoms with Crippen LogP contribution in [-0.2, 0) is 11.8 Å². The molecule has 1 amide bonds. The standard InChI is InChI=1S/C29H33N7O/c1-29(2)18-32-27(37)22-9-7-19(15-24(22)29)21-5-4-6-25-23(21)17-31-28(34-25)33-20-8-10-26(30-16-20)36-13-11-35(3)12-14-36/h5,7-10,15-17H,4,6,11-14,18H2,1-3H3,(H,32,37)(H,31,33,34). The van der Waals surface area contributed by atoms with E-state index in [2.05, 4.69) is 69.5 Å². The van der Waals surface area contributed by atoms with E-state index in [0.29, 0.717) is 12.5 Å². The average Bonchev–Trinajstić information content (AvgIpc) is 2.91. The van der Waals surface area contributed by atoms with Crippen molar-refractivity contribution in [3.05, 3.63) is 76.7 Å². The summed E-state index contributed by atoms with van der Waals surface area (Å²) in [5.74, 6) is 1.59. The van der Waals surface area contributed by atoms with Crippen LogP contribution in [0.25, 0.3) is 5.57 Å². The molecule has 8 heteroatoms. The first-order chi connectivity index (χ1) is 17.9. The van der Waals surface area contributed by atoms with Gasteiger partial charge in [-0.15, -0.1) is 0 Å². The number of carbonyl (C=O) groups is 1. The predicted molar refractivity (Wildman–Crippen MR) is 146 cm³/mol. The Balaban J connectivity index is 1.22. The Morgan fingerprint density at radius 2 is 1.84 bits per heavy atom. The number of hydrogen-bond acceptors (Lipinski definition) is 7. The fraction of sp³-hybridized carbons (Fsp3) is 0.379. The number of carbonyl (C=O) groups excluding carboxylic acids is 1. The van der Waals surface area contributed by atoms with Crippen LogP contribution in [0.4, 0.5) is 17.5 Å². The molecule has 8 nitrogen and oxygen atoms in total. The zero-order chi connectivity index (χ0) is 25.6. The summed E-state index contributed by atoms with van der Waals surface area (Å²) in [6, 6.07) is 10.3. The van der Waals surface area contributed by atoms with Gasteiger partial charge in [-0.3, -0.25) is 4.79 Å². The summed E-state index contributed by atoms with van der Waals surface area (Å²) in [5, 5.41) is 6.33. The number of hydrogen-bond donors (Lipinski definition) is 2. The lowest BCUT2D eigenvalue weighted by molar-refractivity contribution is 0.0930. The number of anilines is 3. The van der Waals surface area contributed by atoms with Crippen LogP contribution in [0.3, 0.4) is 0 Å². The van der Waals surface area contributed by atoms with Crippen molar-refractivity contribution in [1.29, 1.82) is 0 Å². The topological polar surface area (TPSA) is 86.3 Å². The van der Waals surface area contributed by atoms with Gasteiger partial charge in [0, 0.05) is 55.5 Å². The van der Waals surface area contributed by atoms with Gasteiger partial charge in [-0.1, -0.05) is 26.0 Å². The first-order valence-electron chi connectivity index (χ1n) is 13.0. The van der Waals surface area contributed by atoms with Gasteiger partial charge in [0.1, 0.15) is 5.82 Å². The highest BCUT2D eigenvalue weighted by molar-refractivity contribution is 5.98. The Kier molecular flexibility index (Phi) is 5.91. The second-order valence-corrected chi connectivity index (χ2v) is 10.9. The van der Waals surface area contributed by atoms with Crippen molar-refractivity contribution >= 4 is 28.9 Å². The first kappa shape index (κ1) is 23.6.